The van der Waals surface area contributed by atoms with Gasteiger partial charge in [-0.1, -0.05) is 0 Å². The van der Waals surface area contributed by atoms with Crippen molar-refractivity contribution >= 4 is 23.2 Å². The number of hydrogen-bond donors (Lipinski definition) is 2. The van der Waals surface area contributed by atoms with Gasteiger partial charge in [-0.15, -0.1) is 0 Å². The predicted molar refractivity (Wildman–Crippen MR) is 110 cm³/mol. The van der Waals surface area contributed by atoms with E-state index in [1.807, 2.05) is 12.1 Å². The van der Waals surface area contributed by atoms with E-state index < -0.39 is 0 Å². The molecule has 0 fully saturated rings. The Balaban J connectivity index is 1.65. The first kappa shape index (κ1) is 19.8. The molecule has 0 spiro atoms. The zero-order valence-electron chi connectivity index (χ0n) is 16.0. The van der Waals surface area contributed by atoms with Crippen LogP contribution in [0.5, 0.6) is 5.75 Å². The SMILES string of the molecule is COc1ccc(-c2cc(=O)n(CC(=O)Nc3ccc(NC(C)=O)cc3)cn2)cc1. The van der Waals surface area contributed by atoms with Crippen molar-refractivity contribution in [3.8, 4) is 17.0 Å². The summed E-state index contributed by atoms with van der Waals surface area (Å²) in [6, 6.07) is 15.2. The molecule has 3 aromatic rings. The Morgan fingerprint density at radius 2 is 1.62 bits per heavy atom. The molecule has 3 rings (SSSR count). The van der Waals surface area contributed by atoms with Crippen LogP contribution in [0.15, 0.2) is 65.7 Å². The van der Waals surface area contributed by atoms with Gasteiger partial charge in [0.05, 0.1) is 19.1 Å². The summed E-state index contributed by atoms with van der Waals surface area (Å²) in [5.74, 6) is 0.175. The second-order valence-electron chi connectivity index (χ2n) is 6.28. The quantitative estimate of drug-likeness (QED) is 0.671. The molecule has 0 saturated heterocycles. The van der Waals surface area contributed by atoms with E-state index in [4.69, 9.17) is 4.74 Å². The second-order valence-corrected chi connectivity index (χ2v) is 6.28. The number of hydrogen-bond acceptors (Lipinski definition) is 5. The van der Waals surface area contributed by atoms with Gasteiger partial charge in [-0.05, 0) is 48.5 Å². The lowest BCUT2D eigenvalue weighted by atomic mass is 10.1. The molecule has 0 aliphatic heterocycles. The summed E-state index contributed by atoms with van der Waals surface area (Å²) in [6.07, 6.45) is 1.35. The third kappa shape index (κ3) is 5.29. The molecule has 0 bridgehead atoms. The first-order valence-electron chi connectivity index (χ1n) is 8.83. The largest absolute Gasteiger partial charge is 0.497 e. The average molecular weight is 392 g/mol. The Morgan fingerprint density at radius 1 is 1.00 bits per heavy atom. The van der Waals surface area contributed by atoms with Crippen molar-refractivity contribution in [3.05, 3.63) is 71.3 Å². The summed E-state index contributed by atoms with van der Waals surface area (Å²) in [4.78, 5) is 39.9. The summed E-state index contributed by atoms with van der Waals surface area (Å²) < 4.78 is 6.34. The molecule has 0 unspecified atom stereocenters. The summed E-state index contributed by atoms with van der Waals surface area (Å²) >= 11 is 0. The van der Waals surface area contributed by atoms with E-state index in [0.717, 1.165) is 5.56 Å². The van der Waals surface area contributed by atoms with Crippen molar-refractivity contribution in [3.63, 3.8) is 0 Å². The normalized spacial score (nSPS) is 10.3. The fourth-order valence-corrected chi connectivity index (χ4v) is 2.66. The van der Waals surface area contributed by atoms with Gasteiger partial charge in [0.25, 0.3) is 5.56 Å². The molecular formula is C21H20N4O4. The highest BCUT2D eigenvalue weighted by atomic mass is 16.5. The van der Waals surface area contributed by atoms with E-state index in [1.54, 1.807) is 43.5 Å². The summed E-state index contributed by atoms with van der Waals surface area (Å²) in [5.41, 5.74) is 2.15. The van der Waals surface area contributed by atoms with Gasteiger partial charge in [0.1, 0.15) is 12.3 Å². The molecule has 0 saturated carbocycles. The topological polar surface area (TPSA) is 102 Å². The van der Waals surface area contributed by atoms with Crippen LogP contribution in [0.1, 0.15) is 6.92 Å². The molecule has 0 atom stereocenters. The maximum absolute atomic E-state index is 12.3. The minimum absolute atomic E-state index is 0.165. The number of rotatable bonds is 6. The van der Waals surface area contributed by atoms with Crippen molar-refractivity contribution in [2.45, 2.75) is 13.5 Å². The molecule has 2 aromatic carbocycles. The number of carbonyl (C=O) groups excluding carboxylic acids is 2. The fourth-order valence-electron chi connectivity index (χ4n) is 2.66. The number of amides is 2. The molecule has 8 nitrogen and oxygen atoms in total. The first-order valence-corrected chi connectivity index (χ1v) is 8.83. The van der Waals surface area contributed by atoms with Crippen LogP contribution >= 0.6 is 0 Å². The molecule has 8 heteroatoms. The lowest BCUT2D eigenvalue weighted by Crippen LogP contribution is -2.27. The van der Waals surface area contributed by atoms with Crippen LogP contribution in [0.2, 0.25) is 0 Å². The number of anilines is 2. The summed E-state index contributed by atoms with van der Waals surface area (Å²) in [6.45, 7) is 1.25. The zero-order valence-corrected chi connectivity index (χ0v) is 16.0. The summed E-state index contributed by atoms with van der Waals surface area (Å²) in [7, 11) is 1.58. The lowest BCUT2D eigenvalue weighted by molar-refractivity contribution is -0.117. The summed E-state index contributed by atoms with van der Waals surface area (Å²) in [5, 5.41) is 5.35. The van der Waals surface area contributed by atoms with Crippen molar-refractivity contribution in [1.82, 2.24) is 9.55 Å². The van der Waals surface area contributed by atoms with E-state index in [1.165, 1.54) is 23.9 Å². The Morgan fingerprint density at radius 3 is 2.17 bits per heavy atom. The molecule has 29 heavy (non-hydrogen) atoms. The monoisotopic (exact) mass is 392 g/mol. The molecule has 0 radical (unpaired) electrons. The number of nitrogens with one attached hydrogen (secondary N) is 2. The standard InChI is InChI=1S/C21H20N4O4/c1-14(26)23-16-5-7-17(8-6-16)24-20(27)12-25-13-22-19(11-21(25)28)15-3-9-18(29-2)10-4-15/h3-11,13H,12H2,1-2H3,(H,23,26)(H,24,27). The van der Waals surface area contributed by atoms with Gasteiger partial charge in [-0.25, -0.2) is 4.98 Å². The van der Waals surface area contributed by atoms with Gasteiger partial charge in [0.2, 0.25) is 11.8 Å². The van der Waals surface area contributed by atoms with Crippen molar-refractivity contribution < 1.29 is 14.3 Å². The molecule has 2 amide bonds. The predicted octanol–water partition coefficient (Wildman–Crippen LogP) is 2.52. The van der Waals surface area contributed by atoms with Crippen LogP contribution in [-0.4, -0.2) is 28.5 Å². The highest BCUT2D eigenvalue weighted by Crippen LogP contribution is 2.19. The third-order valence-corrected chi connectivity index (χ3v) is 4.07. The maximum Gasteiger partial charge on any atom is 0.254 e. The van der Waals surface area contributed by atoms with Crippen molar-refractivity contribution in [1.29, 1.82) is 0 Å². The van der Waals surface area contributed by atoms with Crippen molar-refractivity contribution in [2.75, 3.05) is 17.7 Å². The molecular weight excluding hydrogens is 372 g/mol. The lowest BCUT2D eigenvalue weighted by Gasteiger charge is -2.09. The number of aromatic nitrogens is 2. The van der Waals surface area contributed by atoms with E-state index in [-0.39, 0.29) is 23.9 Å². The van der Waals surface area contributed by atoms with Crippen molar-refractivity contribution in [2.24, 2.45) is 0 Å². The molecule has 1 heterocycles. The molecule has 0 aliphatic carbocycles. The first-order chi connectivity index (χ1) is 13.9. The number of methoxy groups -OCH3 is 1. The Kier molecular flexibility index (Phi) is 6.03. The number of nitrogens with zero attached hydrogens (tertiary/aromatic N) is 2. The van der Waals surface area contributed by atoms with Crippen LogP contribution in [0.3, 0.4) is 0 Å². The van der Waals surface area contributed by atoms with Crippen LogP contribution < -0.4 is 20.9 Å². The smallest absolute Gasteiger partial charge is 0.254 e. The number of benzene rings is 2. The van der Waals surface area contributed by atoms with Gasteiger partial charge < -0.3 is 15.4 Å². The maximum atomic E-state index is 12.3. The van der Waals surface area contributed by atoms with Gasteiger partial charge in [-0.2, -0.15) is 0 Å². The van der Waals surface area contributed by atoms with E-state index >= 15 is 0 Å². The molecule has 2 N–H and O–H groups in total. The Hall–Kier alpha value is -3.94. The molecule has 1 aromatic heterocycles. The minimum Gasteiger partial charge on any atom is -0.497 e. The highest BCUT2D eigenvalue weighted by Gasteiger charge is 2.08. The highest BCUT2D eigenvalue weighted by molar-refractivity contribution is 5.92. The van der Waals surface area contributed by atoms with Crippen LogP contribution in [-0.2, 0) is 16.1 Å². The van der Waals surface area contributed by atoms with E-state index in [0.29, 0.717) is 22.8 Å². The third-order valence-electron chi connectivity index (χ3n) is 4.07. The van der Waals surface area contributed by atoms with E-state index in [2.05, 4.69) is 15.6 Å². The second kappa shape index (κ2) is 8.83. The van der Waals surface area contributed by atoms with Crippen LogP contribution in [0, 0.1) is 0 Å². The van der Waals surface area contributed by atoms with E-state index in [9.17, 15) is 14.4 Å². The minimum atomic E-state index is -0.363. The van der Waals surface area contributed by atoms with Crippen LogP contribution in [0.4, 0.5) is 11.4 Å². The Bertz CT molecular complexity index is 1070. The van der Waals surface area contributed by atoms with Gasteiger partial charge in [0, 0.05) is 29.9 Å². The Labute approximate surface area is 167 Å². The van der Waals surface area contributed by atoms with Gasteiger partial charge in [0.15, 0.2) is 0 Å². The van der Waals surface area contributed by atoms with Gasteiger partial charge in [-0.3, -0.25) is 19.0 Å². The molecule has 148 valence electrons. The number of ether oxygens (including phenoxy) is 1. The fraction of sp³-hybridized carbons (Fsp3) is 0.143. The van der Waals surface area contributed by atoms with Gasteiger partial charge >= 0.3 is 0 Å². The zero-order chi connectivity index (χ0) is 20.8. The van der Waals surface area contributed by atoms with Crippen LogP contribution in [0.25, 0.3) is 11.3 Å². The number of carbonyl (C=O) groups is 2. The molecule has 0 aliphatic rings. The average Bonchev–Trinajstić information content (AvgIpc) is 2.71.